The molecule has 7 heteroatoms. The van der Waals surface area contributed by atoms with Gasteiger partial charge in [0.05, 0.1) is 34.4 Å². The average molecular weight is 450 g/mol. The highest BCUT2D eigenvalue weighted by molar-refractivity contribution is 5.89. The quantitative estimate of drug-likeness (QED) is 0.377. The van der Waals surface area contributed by atoms with Gasteiger partial charge in [0.25, 0.3) is 0 Å². The summed E-state index contributed by atoms with van der Waals surface area (Å²) in [5.74, 6) is -2.10. The van der Waals surface area contributed by atoms with E-state index in [0.29, 0.717) is 0 Å². The number of rotatable bonds is 5. The van der Waals surface area contributed by atoms with Crippen LogP contribution in [0, 0.1) is 0 Å². The Hall–Kier alpha value is -3.58. The maximum atomic E-state index is 13.0. The monoisotopic (exact) mass is 450 g/mol. The fraction of sp³-hybridized carbons (Fsp3) is 0.308. The fourth-order valence-corrected chi connectivity index (χ4v) is 4.34. The maximum absolute atomic E-state index is 13.0. The van der Waals surface area contributed by atoms with E-state index in [1.807, 2.05) is 27.7 Å². The van der Waals surface area contributed by atoms with Gasteiger partial charge in [0.1, 0.15) is 22.7 Å². The molecule has 4 aromatic rings. The summed E-state index contributed by atoms with van der Waals surface area (Å²) in [6.45, 7) is 6.99. The van der Waals surface area contributed by atoms with Gasteiger partial charge in [-0.15, -0.1) is 0 Å². The molecule has 0 spiro atoms. The fourth-order valence-electron chi connectivity index (χ4n) is 4.34. The third-order valence-electron chi connectivity index (χ3n) is 6.06. The van der Waals surface area contributed by atoms with Crippen LogP contribution in [0.25, 0.3) is 21.9 Å². The molecule has 3 N–H and O–H groups in total. The highest BCUT2D eigenvalue weighted by Gasteiger charge is 2.31. The molecule has 4 rings (SSSR count). The zero-order valence-electron chi connectivity index (χ0n) is 18.9. The molecule has 0 unspecified atom stereocenters. The van der Waals surface area contributed by atoms with Crippen molar-refractivity contribution in [2.45, 2.75) is 45.4 Å². The summed E-state index contributed by atoms with van der Waals surface area (Å²) in [7, 11) is 0. The van der Waals surface area contributed by atoms with Gasteiger partial charge in [-0.2, -0.15) is 0 Å². The molecule has 7 nitrogen and oxygen atoms in total. The molecule has 0 aliphatic rings. The molecule has 0 radical (unpaired) electrons. The van der Waals surface area contributed by atoms with Crippen LogP contribution in [-0.2, 0) is 0 Å². The Bertz CT molecular complexity index is 1360. The van der Waals surface area contributed by atoms with Crippen LogP contribution in [0.3, 0.4) is 0 Å². The first-order valence-corrected chi connectivity index (χ1v) is 10.8. The van der Waals surface area contributed by atoms with E-state index in [0.717, 1.165) is 11.1 Å². The Morgan fingerprint density at radius 2 is 1.12 bits per heavy atom. The van der Waals surface area contributed by atoms with Crippen molar-refractivity contribution in [1.29, 1.82) is 0 Å². The number of aromatic hydroxyl groups is 2. The van der Waals surface area contributed by atoms with Gasteiger partial charge < -0.3 is 24.2 Å². The minimum Gasteiger partial charge on any atom is -0.507 e. The standard InChI is InChI=1S/C26H26O7/c1-12(2)14-7-5-9-16-21(28)19(25(30)32-23(14)16)18(11-27)20-22(29)17-10-6-8-15(13(3)4)24(17)33-26(20)31/h5-10,12-13,18,27-29H,11H2,1-4H3. The predicted molar refractivity (Wildman–Crippen MR) is 125 cm³/mol. The molecule has 2 heterocycles. The number of fused-ring (bicyclic) bond motifs is 2. The van der Waals surface area contributed by atoms with Crippen LogP contribution in [0.15, 0.2) is 54.8 Å². The lowest BCUT2D eigenvalue weighted by Gasteiger charge is -2.18. The minimum absolute atomic E-state index is 0.0301. The summed E-state index contributed by atoms with van der Waals surface area (Å²) in [6.07, 6.45) is 0. The summed E-state index contributed by atoms with van der Waals surface area (Å²) in [6, 6.07) is 10.2. The first kappa shape index (κ1) is 22.6. The molecule has 0 atom stereocenters. The number of benzene rings is 2. The second-order valence-electron chi connectivity index (χ2n) is 8.80. The van der Waals surface area contributed by atoms with E-state index in [1.165, 1.54) is 0 Å². The van der Waals surface area contributed by atoms with Gasteiger partial charge in [-0.1, -0.05) is 52.0 Å². The van der Waals surface area contributed by atoms with E-state index in [-0.39, 0.29) is 44.9 Å². The molecule has 172 valence electrons. The Morgan fingerprint density at radius 3 is 1.45 bits per heavy atom. The zero-order valence-corrected chi connectivity index (χ0v) is 18.9. The van der Waals surface area contributed by atoms with Crippen molar-refractivity contribution in [2.24, 2.45) is 0 Å². The SMILES string of the molecule is CC(C)c1cccc2c(O)c(C(CO)c3c(O)c4cccc(C(C)C)c4oc3=O)c(=O)oc12. The largest absolute Gasteiger partial charge is 0.507 e. The maximum Gasteiger partial charge on any atom is 0.343 e. The van der Waals surface area contributed by atoms with Gasteiger partial charge in [-0.25, -0.2) is 9.59 Å². The highest BCUT2D eigenvalue weighted by atomic mass is 16.4. The molecule has 0 saturated carbocycles. The molecule has 0 aliphatic carbocycles. The summed E-state index contributed by atoms with van der Waals surface area (Å²) < 4.78 is 11.1. The molecule has 0 aliphatic heterocycles. The summed E-state index contributed by atoms with van der Waals surface area (Å²) in [5.41, 5.74) is -0.467. The van der Waals surface area contributed by atoms with Crippen LogP contribution in [0.4, 0.5) is 0 Å². The van der Waals surface area contributed by atoms with Crippen LogP contribution in [0.5, 0.6) is 11.5 Å². The van der Waals surface area contributed by atoms with E-state index < -0.39 is 35.3 Å². The van der Waals surface area contributed by atoms with Crippen molar-refractivity contribution in [1.82, 2.24) is 0 Å². The molecule has 0 amide bonds. The van der Waals surface area contributed by atoms with Crippen LogP contribution >= 0.6 is 0 Å². The lowest BCUT2D eigenvalue weighted by molar-refractivity contribution is 0.270. The topological polar surface area (TPSA) is 121 Å². The molecule has 33 heavy (non-hydrogen) atoms. The van der Waals surface area contributed by atoms with E-state index >= 15 is 0 Å². The Balaban J connectivity index is 2.02. The summed E-state index contributed by atoms with van der Waals surface area (Å²) in [5, 5.41) is 32.8. The van der Waals surface area contributed by atoms with Gasteiger partial charge in [0.15, 0.2) is 0 Å². The number of hydrogen-bond acceptors (Lipinski definition) is 7. The van der Waals surface area contributed by atoms with Gasteiger partial charge in [0, 0.05) is 0 Å². The first-order chi connectivity index (χ1) is 15.7. The lowest BCUT2D eigenvalue weighted by Crippen LogP contribution is -2.23. The molecule has 0 bridgehead atoms. The van der Waals surface area contributed by atoms with Crippen molar-refractivity contribution in [3.63, 3.8) is 0 Å². The summed E-state index contributed by atoms with van der Waals surface area (Å²) >= 11 is 0. The van der Waals surface area contributed by atoms with E-state index in [4.69, 9.17) is 8.83 Å². The van der Waals surface area contributed by atoms with Gasteiger partial charge in [-0.05, 0) is 35.1 Å². The number of hydrogen-bond donors (Lipinski definition) is 3. The van der Waals surface area contributed by atoms with Crippen molar-refractivity contribution < 1.29 is 24.2 Å². The van der Waals surface area contributed by atoms with E-state index in [2.05, 4.69) is 0 Å². The number of aliphatic hydroxyl groups is 1. The van der Waals surface area contributed by atoms with Gasteiger partial charge in [-0.3, -0.25) is 0 Å². The lowest BCUT2D eigenvalue weighted by atomic mass is 9.90. The third kappa shape index (κ3) is 3.58. The van der Waals surface area contributed by atoms with Gasteiger partial charge in [0.2, 0.25) is 0 Å². The molecular weight excluding hydrogens is 424 g/mol. The van der Waals surface area contributed by atoms with Gasteiger partial charge >= 0.3 is 11.3 Å². The normalized spacial score (nSPS) is 12.0. The minimum atomic E-state index is -1.35. The van der Waals surface area contributed by atoms with Crippen molar-refractivity contribution >= 4 is 21.9 Å². The average Bonchev–Trinajstić information content (AvgIpc) is 2.76. The Morgan fingerprint density at radius 1 is 0.727 bits per heavy atom. The van der Waals surface area contributed by atoms with Crippen molar-refractivity contribution in [3.8, 4) is 11.5 Å². The van der Waals surface area contributed by atoms with Crippen LogP contribution in [-0.4, -0.2) is 21.9 Å². The van der Waals surface area contributed by atoms with E-state index in [1.54, 1.807) is 36.4 Å². The first-order valence-electron chi connectivity index (χ1n) is 10.8. The molecule has 0 fully saturated rings. The molecule has 2 aromatic heterocycles. The number of para-hydroxylation sites is 2. The summed E-state index contributed by atoms with van der Waals surface area (Å²) in [4.78, 5) is 26.0. The second kappa shape index (κ2) is 8.41. The van der Waals surface area contributed by atoms with Crippen LogP contribution in [0.2, 0.25) is 0 Å². The van der Waals surface area contributed by atoms with Crippen molar-refractivity contribution in [3.05, 3.63) is 79.5 Å². The zero-order chi connectivity index (χ0) is 24.0. The Labute approximate surface area is 189 Å². The molecule has 2 aromatic carbocycles. The molecular formula is C26H26O7. The highest BCUT2D eigenvalue weighted by Crippen LogP contribution is 2.40. The predicted octanol–water partition coefficient (Wildman–Crippen LogP) is 4.68. The van der Waals surface area contributed by atoms with Crippen LogP contribution < -0.4 is 11.3 Å². The third-order valence-corrected chi connectivity index (χ3v) is 6.06. The Kier molecular flexibility index (Phi) is 5.76. The van der Waals surface area contributed by atoms with E-state index in [9.17, 15) is 24.9 Å². The molecule has 0 saturated heterocycles. The number of aliphatic hydroxyl groups excluding tert-OH is 1. The second-order valence-corrected chi connectivity index (χ2v) is 8.80. The van der Waals surface area contributed by atoms with Crippen molar-refractivity contribution in [2.75, 3.05) is 6.61 Å². The van der Waals surface area contributed by atoms with Crippen LogP contribution in [0.1, 0.15) is 67.7 Å². The smallest absolute Gasteiger partial charge is 0.343 e.